The van der Waals surface area contributed by atoms with E-state index in [4.69, 9.17) is 0 Å². The van der Waals surface area contributed by atoms with Crippen LogP contribution in [0.2, 0.25) is 0 Å². The highest BCUT2D eigenvalue weighted by atomic mass is 19.4. The standard InChI is InChI=1S/C26H18F3NO2/c1-15(31)12-17-8-5-9-18-14-30-24(22(17)18)23(16-6-3-2-4-7-16)20-11-10-19(26(27,28)29)13-21(20)25(30)32/h2-11,13H,12,14H2,1H3. The molecule has 3 aromatic carbocycles. The van der Waals surface area contributed by atoms with Crippen molar-refractivity contribution >= 4 is 16.6 Å². The van der Waals surface area contributed by atoms with Gasteiger partial charge in [-0.15, -0.1) is 0 Å². The van der Waals surface area contributed by atoms with Gasteiger partial charge in [0.1, 0.15) is 5.78 Å². The highest BCUT2D eigenvalue weighted by molar-refractivity contribution is 6.04. The minimum Gasteiger partial charge on any atom is -0.303 e. The van der Waals surface area contributed by atoms with E-state index in [1.165, 1.54) is 13.0 Å². The molecule has 0 saturated carbocycles. The molecule has 32 heavy (non-hydrogen) atoms. The van der Waals surface area contributed by atoms with E-state index in [0.29, 0.717) is 16.6 Å². The molecule has 0 bridgehead atoms. The Kier molecular flexibility index (Phi) is 4.55. The van der Waals surface area contributed by atoms with Crippen LogP contribution >= 0.6 is 0 Å². The molecule has 160 valence electrons. The fourth-order valence-corrected chi connectivity index (χ4v) is 4.61. The molecule has 1 aliphatic heterocycles. The van der Waals surface area contributed by atoms with Gasteiger partial charge in [0.15, 0.2) is 0 Å². The van der Waals surface area contributed by atoms with Crippen LogP contribution < -0.4 is 5.56 Å². The van der Waals surface area contributed by atoms with Crippen LogP contribution in [0.25, 0.3) is 33.2 Å². The zero-order valence-electron chi connectivity index (χ0n) is 17.2. The van der Waals surface area contributed by atoms with Gasteiger partial charge in [-0.05, 0) is 41.1 Å². The number of fused-ring (bicyclic) bond motifs is 4. The first-order valence-electron chi connectivity index (χ1n) is 10.2. The van der Waals surface area contributed by atoms with Crippen LogP contribution in [0.5, 0.6) is 0 Å². The summed E-state index contributed by atoms with van der Waals surface area (Å²) in [5.41, 5.74) is 3.34. The van der Waals surface area contributed by atoms with Crippen LogP contribution in [0, 0.1) is 0 Å². The summed E-state index contributed by atoms with van der Waals surface area (Å²) in [7, 11) is 0. The third-order valence-corrected chi connectivity index (χ3v) is 5.90. The van der Waals surface area contributed by atoms with Crippen molar-refractivity contribution in [2.75, 3.05) is 0 Å². The Morgan fingerprint density at radius 2 is 1.69 bits per heavy atom. The number of alkyl halides is 3. The molecule has 0 N–H and O–H groups in total. The van der Waals surface area contributed by atoms with E-state index in [1.54, 1.807) is 4.57 Å². The Morgan fingerprint density at radius 3 is 2.38 bits per heavy atom. The average Bonchev–Trinajstić information content (AvgIpc) is 3.14. The quantitative estimate of drug-likeness (QED) is 0.358. The molecule has 0 atom stereocenters. The number of pyridine rings is 1. The second-order valence-corrected chi connectivity index (χ2v) is 8.07. The predicted octanol–water partition coefficient (Wildman–Crippen LogP) is 5.85. The van der Waals surface area contributed by atoms with Crippen LogP contribution in [0.4, 0.5) is 13.2 Å². The summed E-state index contributed by atoms with van der Waals surface area (Å²) in [5.74, 6) is -0.00364. The summed E-state index contributed by atoms with van der Waals surface area (Å²) in [6.45, 7) is 1.76. The van der Waals surface area contributed by atoms with Crippen LogP contribution in [0.15, 0.2) is 71.5 Å². The van der Waals surface area contributed by atoms with Crippen LogP contribution in [0.1, 0.15) is 23.6 Å². The third-order valence-electron chi connectivity index (χ3n) is 5.90. The van der Waals surface area contributed by atoms with Gasteiger partial charge in [0, 0.05) is 22.9 Å². The van der Waals surface area contributed by atoms with Crippen molar-refractivity contribution in [3.8, 4) is 22.4 Å². The normalized spacial score (nSPS) is 12.6. The molecular formula is C26H18F3NO2. The lowest BCUT2D eigenvalue weighted by atomic mass is 9.90. The third kappa shape index (κ3) is 3.14. The van der Waals surface area contributed by atoms with Gasteiger partial charge in [-0.1, -0.05) is 54.6 Å². The molecule has 4 aromatic rings. The molecule has 6 heteroatoms. The van der Waals surface area contributed by atoms with E-state index in [2.05, 4.69) is 0 Å². The molecule has 0 spiro atoms. The molecule has 0 radical (unpaired) electrons. The molecule has 0 amide bonds. The van der Waals surface area contributed by atoms with Crippen molar-refractivity contribution in [3.63, 3.8) is 0 Å². The minimum absolute atomic E-state index is 0.00364. The van der Waals surface area contributed by atoms with E-state index < -0.39 is 17.3 Å². The van der Waals surface area contributed by atoms with Gasteiger partial charge < -0.3 is 4.57 Å². The lowest BCUT2D eigenvalue weighted by Gasteiger charge is -2.17. The number of benzene rings is 3. The molecule has 0 saturated heterocycles. The Balaban J connectivity index is 1.93. The van der Waals surface area contributed by atoms with Gasteiger partial charge in [-0.3, -0.25) is 9.59 Å². The smallest absolute Gasteiger partial charge is 0.303 e. The maximum absolute atomic E-state index is 13.4. The van der Waals surface area contributed by atoms with Crippen LogP contribution in [-0.4, -0.2) is 10.4 Å². The van der Waals surface area contributed by atoms with Crippen molar-refractivity contribution in [2.24, 2.45) is 0 Å². The molecule has 5 rings (SSSR count). The van der Waals surface area contributed by atoms with Gasteiger partial charge in [0.2, 0.25) is 0 Å². The maximum atomic E-state index is 13.4. The number of carbonyl (C=O) groups is 1. The Morgan fingerprint density at radius 1 is 0.938 bits per heavy atom. The Labute approximate surface area is 181 Å². The van der Waals surface area contributed by atoms with Gasteiger partial charge in [0.05, 0.1) is 17.8 Å². The SMILES string of the molecule is CC(=O)Cc1cccc2c1-c1c(-c3ccccc3)c3ccc(C(F)(F)F)cc3c(=O)n1C2. The number of nitrogens with zero attached hydrogens (tertiary/aromatic N) is 1. The fourth-order valence-electron chi connectivity index (χ4n) is 4.61. The molecule has 3 nitrogen and oxygen atoms in total. The molecule has 0 unspecified atom stereocenters. The second-order valence-electron chi connectivity index (χ2n) is 8.07. The van der Waals surface area contributed by atoms with Crippen LogP contribution in [-0.2, 0) is 23.9 Å². The van der Waals surface area contributed by atoms with Crippen LogP contribution in [0.3, 0.4) is 0 Å². The first-order valence-corrected chi connectivity index (χ1v) is 10.2. The summed E-state index contributed by atoms with van der Waals surface area (Å²) in [6.07, 6.45) is -4.33. The number of halogens is 3. The van der Waals surface area contributed by atoms with Gasteiger partial charge >= 0.3 is 6.18 Å². The molecule has 1 aliphatic rings. The van der Waals surface area contributed by atoms with Gasteiger partial charge in [-0.2, -0.15) is 13.2 Å². The topological polar surface area (TPSA) is 39.1 Å². The zero-order chi connectivity index (χ0) is 22.6. The number of hydrogen-bond acceptors (Lipinski definition) is 2. The summed E-state index contributed by atoms with van der Waals surface area (Å²) in [6, 6.07) is 18.3. The lowest BCUT2D eigenvalue weighted by Crippen LogP contribution is -2.20. The molecule has 2 heterocycles. The number of hydrogen-bond donors (Lipinski definition) is 0. The maximum Gasteiger partial charge on any atom is 0.416 e. The predicted molar refractivity (Wildman–Crippen MR) is 118 cm³/mol. The van der Waals surface area contributed by atoms with Crippen molar-refractivity contribution < 1.29 is 18.0 Å². The number of carbonyl (C=O) groups excluding carboxylic acids is 1. The van der Waals surface area contributed by atoms with E-state index in [1.807, 2.05) is 48.5 Å². The number of ketones is 1. The summed E-state index contributed by atoms with van der Waals surface area (Å²) < 4.78 is 41.7. The summed E-state index contributed by atoms with van der Waals surface area (Å²) >= 11 is 0. The molecular weight excluding hydrogens is 415 g/mol. The van der Waals surface area contributed by atoms with Gasteiger partial charge in [-0.25, -0.2) is 0 Å². The van der Waals surface area contributed by atoms with Crippen molar-refractivity contribution in [1.29, 1.82) is 0 Å². The largest absolute Gasteiger partial charge is 0.416 e. The first kappa shape index (κ1) is 20.2. The first-order chi connectivity index (χ1) is 15.3. The molecule has 0 fully saturated rings. The van der Waals surface area contributed by atoms with Crippen molar-refractivity contribution in [1.82, 2.24) is 4.57 Å². The highest BCUT2D eigenvalue weighted by Gasteiger charge is 2.33. The average molecular weight is 433 g/mol. The minimum atomic E-state index is -4.55. The number of aromatic nitrogens is 1. The lowest BCUT2D eigenvalue weighted by molar-refractivity contribution is -0.137. The van der Waals surface area contributed by atoms with Gasteiger partial charge in [0.25, 0.3) is 5.56 Å². The van der Waals surface area contributed by atoms with E-state index in [-0.39, 0.29) is 24.1 Å². The summed E-state index contributed by atoms with van der Waals surface area (Å²) in [4.78, 5) is 25.3. The van der Waals surface area contributed by atoms with E-state index in [0.717, 1.165) is 34.4 Å². The molecule has 1 aromatic heterocycles. The Bertz CT molecular complexity index is 1450. The number of Topliss-reactive ketones (excluding diaryl/α,β-unsaturated/α-hetero) is 1. The second kappa shape index (κ2) is 7.19. The Hall–Kier alpha value is -3.67. The summed E-state index contributed by atoms with van der Waals surface area (Å²) in [5, 5.41) is 0.495. The van der Waals surface area contributed by atoms with E-state index in [9.17, 15) is 22.8 Å². The van der Waals surface area contributed by atoms with E-state index >= 15 is 0 Å². The number of rotatable bonds is 3. The molecule has 0 aliphatic carbocycles. The fraction of sp³-hybridized carbons (Fsp3) is 0.154. The van der Waals surface area contributed by atoms with Crippen molar-refractivity contribution in [2.45, 2.75) is 26.1 Å². The zero-order valence-corrected chi connectivity index (χ0v) is 17.2. The highest BCUT2D eigenvalue weighted by Crippen LogP contribution is 2.44. The monoisotopic (exact) mass is 433 g/mol. The van der Waals surface area contributed by atoms with Crippen molar-refractivity contribution in [3.05, 3.63) is 93.8 Å².